The van der Waals surface area contributed by atoms with E-state index in [1.165, 1.54) is 12.1 Å². The standard InChI is InChI=1S/C45H39F2N5.Pt/c1-29-14-17-34(18-15-29)50-28-51(38-12-9-8-11-37(38)50)35-24-32(44(5,6)7)23-33(25-35)45(46,47)31-16-19-36-40(26-31)52(39-13-10-21-49-42(36)39)41-27-30(20-22-48-41)43(2,3)4;/h8-24,27H,1-7H3;/q;+2/i1D3;. The molecule has 0 amide bonds. The Morgan fingerprint density at radius 1 is 0.717 bits per heavy atom. The van der Waals surface area contributed by atoms with Crippen LogP contribution in [0.15, 0.2) is 109 Å². The number of halogens is 2. The predicted octanol–water partition coefficient (Wildman–Crippen LogP) is 11.1. The van der Waals surface area contributed by atoms with Gasteiger partial charge in [0.05, 0.1) is 5.52 Å². The van der Waals surface area contributed by atoms with Gasteiger partial charge < -0.3 is 4.57 Å². The first-order chi connectivity index (χ1) is 25.9. The van der Waals surface area contributed by atoms with Crippen LogP contribution < -0.4 is 9.15 Å². The summed E-state index contributed by atoms with van der Waals surface area (Å²) in [4.78, 5) is 9.31. The van der Waals surface area contributed by atoms with Crippen molar-refractivity contribution in [2.45, 2.75) is 65.1 Å². The Morgan fingerprint density at radius 2 is 1.43 bits per heavy atom. The molecule has 8 rings (SSSR count). The monoisotopic (exact) mass is 885 g/mol. The topological polar surface area (TPSA) is 36.7 Å². The smallest absolute Gasteiger partial charge is 0.318 e. The van der Waals surface area contributed by atoms with Crippen molar-refractivity contribution in [1.29, 1.82) is 0 Å². The first kappa shape index (κ1) is 32.6. The van der Waals surface area contributed by atoms with Gasteiger partial charge in [0.25, 0.3) is 17.3 Å². The Balaban J connectivity index is 0.00000480. The van der Waals surface area contributed by atoms with Gasteiger partial charge >= 0.3 is 27.1 Å². The molecule has 0 spiro atoms. The summed E-state index contributed by atoms with van der Waals surface area (Å²) in [6, 6.07) is 37.9. The summed E-state index contributed by atoms with van der Waals surface area (Å²) in [6.45, 7) is 10.1. The number of aryl methyl sites for hydroxylation is 1. The average molecular weight is 886 g/mol. The van der Waals surface area contributed by atoms with Gasteiger partial charge in [0, 0.05) is 46.3 Å². The molecular weight excluding hydrogens is 844 g/mol. The third-order valence-corrected chi connectivity index (χ3v) is 9.60. The van der Waals surface area contributed by atoms with Crippen LogP contribution in [0.3, 0.4) is 0 Å². The fourth-order valence-corrected chi connectivity index (χ4v) is 6.65. The number of hydrogen-bond acceptors (Lipinski definition) is 2. The van der Waals surface area contributed by atoms with Gasteiger partial charge in [0.15, 0.2) is 0 Å². The Hall–Kier alpha value is -5.09. The van der Waals surface area contributed by atoms with Crippen LogP contribution in [0.1, 0.15) is 73.5 Å². The normalized spacial score (nSPS) is 14.2. The molecule has 266 valence electrons. The molecule has 1 aliphatic heterocycles. The fourth-order valence-electron chi connectivity index (χ4n) is 6.65. The predicted molar refractivity (Wildman–Crippen MR) is 206 cm³/mol. The van der Waals surface area contributed by atoms with Crippen molar-refractivity contribution in [1.82, 2.24) is 23.7 Å². The molecule has 0 fully saturated rings. The van der Waals surface area contributed by atoms with Crippen molar-refractivity contribution < 1.29 is 34.0 Å². The van der Waals surface area contributed by atoms with Gasteiger partial charge in [0.2, 0.25) is 5.69 Å². The molecule has 0 N–H and O–H groups in total. The number of fused-ring (bicyclic) bond motifs is 4. The van der Waals surface area contributed by atoms with Crippen molar-refractivity contribution in [2.75, 3.05) is 0 Å². The van der Waals surface area contributed by atoms with Crippen LogP contribution in [0.25, 0.3) is 27.8 Å². The molecular formula is C45H39F2N5Pt+2. The van der Waals surface area contributed by atoms with Gasteiger partial charge in [-0.05, 0) is 52.1 Å². The maximum atomic E-state index is 17.2. The number of rotatable bonds is 5. The van der Waals surface area contributed by atoms with E-state index in [1.807, 2.05) is 79.9 Å². The zero-order valence-electron chi connectivity index (χ0n) is 33.2. The molecule has 0 saturated heterocycles. The molecule has 0 bridgehead atoms. The van der Waals surface area contributed by atoms with Crippen LogP contribution in [0.2, 0.25) is 0 Å². The second kappa shape index (κ2) is 13.1. The van der Waals surface area contributed by atoms with Crippen molar-refractivity contribution in [3.63, 3.8) is 0 Å². The maximum Gasteiger partial charge on any atom is 2.00 e. The van der Waals surface area contributed by atoms with E-state index in [0.717, 1.165) is 16.8 Å². The number of pyridine rings is 2. The largest absolute Gasteiger partial charge is 2.00 e. The molecule has 1 aliphatic rings. The van der Waals surface area contributed by atoms with Crippen molar-refractivity contribution in [3.05, 3.63) is 149 Å². The molecule has 53 heavy (non-hydrogen) atoms. The Labute approximate surface area is 327 Å². The Kier molecular flexibility index (Phi) is 8.04. The van der Waals surface area contributed by atoms with E-state index in [2.05, 4.69) is 48.9 Å². The summed E-state index contributed by atoms with van der Waals surface area (Å²) in [7, 11) is 0. The number of hydrogen-bond donors (Lipinski definition) is 0. The van der Waals surface area contributed by atoms with E-state index in [0.29, 0.717) is 44.9 Å². The first-order valence-electron chi connectivity index (χ1n) is 18.7. The Morgan fingerprint density at radius 3 is 2.13 bits per heavy atom. The van der Waals surface area contributed by atoms with Gasteiger partial charge in [-0.3, -0.25) is 4.98 Å². The van der Waals surface area contributed by atoms with Crippen LogP contribution in [-0.2, 0) is 37.8 Å². The molecule has 0 radical (unpaired) electrons. The average Bonchev–Trinajstić information content (AvgIpc) is 3.70. The van der Waals surface area contributed by atoms with Gasteiger partial charge in [-0.25, -0.2) is 13.8 Å². The van der Waals surface area contributed by atoms with Gasteiger partial charge in [-0.15, -0.1) is 11.6 Å². The van der Waals surface area contributed by atoms with Crippen LogP contribution in [-0.4, -0.2) is 20.5 Å². The van der Waals surface area contributed by atoms with E-state index in [9.17, 15) is 0 Å². The van der Waals surface area contributed by atoms with E-state index in [1.54, 1.807) is 51.9 Å². The molecule has 3 aromatic heterocycles. The van der Waals surface area contributed by atoms with Crippen LogP contribution in [0, 0.1) is 19.0 Å². The number of alkyl halides is 2. The molecule has 0 aliphatic carbocycles. The van der Waals surface area contributed by atoms with Crippen LogP contribution in [0.5, 0.6) is 0 Å². The fraction of sp³-hybridized carbons (Fsp3) is 0.222. The van der Waals surface area contributed by atoms with Crippen molar-refractivity contribution in [3.8, 4) is 5.82 Å². The molecule has 4 heterocycles. The van der Waals surface area contributed by atoms with E-state index >= 15 is 8.78 Å². The van der Waals surface area contributed by atoms with Crippen LogP contribution >= 0.6 is 0 Å². The summed E-state index contributed by atoms with van der Waals surface area (Å²) < 4.78 is 63.2. The maximum absolute atomic E-state index is 17.2. The third kappa shape index (κ3) is 6.37. The summed E-state index contributed by atoms with van der Waals surface area (Å²) in [5.74, 6) is -2.92. The number of para-hydroxylation sites is 2. The summed E-state index contributed by atoms with van der Waals surface area (Å²) in [5.41, 5.74) is 5.11. The molecule has 0 atom stereocenters. The van der Waals surface area contributed by atoms with Crippen LogP contribution in [0.4, 0.5) is 31.5 Å². The molecule has 5 nitrogen and oxygen atoms in total. The second-order valence-electron chi connectivity index (χ2n) is 15.3. The molecule has 7 aromatic rings. The quantitative estimate of drug-likeness (QED) is 0.128. The van der Waals surface area contributed by atoms with Gasteiger partial charge in [-0.1, -0.05) is 110 Å². The third-order valence-electron chi connectivity index (χ3n) is 9.60. The molecule has 0 unspecified atom stereocenters. The molecule has 8 heteroatoms. The SMILES string of the molecule is [2H]C([2H])([2H])c1ccc([N+]2=C=[N+](c3[c-]c(C(F)(F)c4[c-]c5c(cc4)c4ncccc4n5-c4cc(C(C)(C)C)ccn4)cc(C(C)(C)C)c3)c3ccccc32)cc1.[Pt+2]. The minimum Gasteiger partial charge on any atom is -0.318 e. The van der Waals surface area contributed by atoms with Gasteiger partial charge in [-0.2, -0.15) is 18.2 Å². The number of nitrogens with zero attached hydrogens (tertiary/aromatic N) is 5. The molecule has 4 aromatic carbocycles. The minimum atomic E-state index is -3.51. The summed E-state index contributed by atoms with van der Waals surface area (Å²) in [5, 5.41) is 0.691. The van der Waals surface area contributed by atoms with E-state index in [4.69, 9.17) is 4.11 Å². The zero-order chi connectivity index (χ0) is 39.1. The molecule has 0 saturated carbocycles. The van der Waals surface area contributed by atoms with Crippen molar-refractivity contribution >= 4 is 50.7 Å². The summed E-state index contributed by atoms with van der Waals surface area (Å²) >= 11 is 0. The van der Waals surface area contributed by atoms with Crippen molar-refractivity contribution in [2.24, 2.45) is 0 Å². The number of benzene rings is 4. The second-order valence-corrected chi connectivity index (χ2v) is 15.3. The minimum absolute atomic E-state index is 0. The summed E-state index contributed by atoms with van der Waals surface area (Å²) in [6.07, 6.45) is 3.44. The number of aromatic nitrogens is 3. The zero-order valence-corrected chi connectivity index (χ0v) is 32.5. The van der Waals surface area contributed by atoms with Gasteiger partial charge in [0.1, 0.15) is 11.5 Å². The Bertz CT molecular complexity index is 2730. The van der Waals surface area contributed by atoms with E-state index < -0.39 is 18.2 Å². The first-order valence-corrected chi connectivity index (χ1v) is 17.2. The van der Waals surface area contributed by atoms with E-state index in [-0.39, 0.29) is 43.2 Å².